The van der Waals surface area contributed by atoms with Crippen LogP contribution in [-0.4, -0.2) is 33.8 Å². The van der Waals surface area contributed by atoms with E-state index in [-0.39, 0.29) is 12.4 Å². The summed E-state index contributed by atoms with van der Waals surface area (Å²) in [4.78, 5) is 15.5. The second-order valence-electron chi connectivity index (χ2n) is 5.64. The lowest BCUT2D eigenvalue weighted by Gasteiger charge is -2.15. The summed E-state index contributed by atoms with van der Waals surface area (Å²) in [5.74, 6) is -0.816. The fourth-order valence-electron chi connectivity index (χ4n) is 1.72. The van der Waals surface area contributed by atoms with Gasteiger partial charge in [-0.3, -0.25) is 4.79 Å². The Hall–Kier alpha value is -1.94. The summed E-state index contributed by atoms with van der Waals surface area (Å²) in [7, 11) is 0. The van der Waals surface area contributed by atoms with Crippen LogP contribution in [0.5, 0.6) is 11.5 Å². The molecule has 0 aliphatic heterocycles. The molecule has 2 rings (SSSR count). The number of nitrogens with zero attached hydrogens (tertiary/aromatic N) is 1. The number of ether oxygens (including phenoxy) is 2. The zero-order valence-corrected chi connectivity index (χ0v) is 15.5. The number of alkyl halides is 3. The molecule has 0 spiro atoms. The van der Waals surface area contributed by atoms with Crippen LogP contribution in [0, 0.1) is 0 Å². The average Bonchev–Trinajstić information content (AvgIpc) is 2.94. The normalized spacial score (nSPS) is 12.0. The number of hydrogen-bond donors (Lipinski definition) is 1. The van der Waals surface area contributed by atoms with Gasteiger partial charge in [-0.2, -0.15) is 0 Å². The number of aliphatic carboxylic acids is 1. The van der Waals surface area contributed by atoms with Crippen LogP contribution < -0.4 is 9.47 Å². The standard InChI is InChI=1S/C16H16F3NO4S2/c1-15(2,13(21)22)26-14-20-10(9-25-14)7-8-23-11-3-5-12(6-4-11)24-16(17,18)19/h3-6,9H,7-8H2,1-2H3,(H,21,22). The highest BCUT2D eigenvalue weighted by Gasteiger charge is 2.31. The highest BCUT2D eigenvalue weighted by molar-refractivity contribution is 8.02. The van der Waals surface area contributed by atoms with Gasteiger partial charge in [-0.25, -0.2) is 4.98 Å². The third-order valence-electron chi connectivity index (χ3n) is 3.07. The summed E-state index contributed by atoms with van der Waals surface area (Å²) in [6, 6.07) is 5.13. The van der Waals surface area contributed by atoms with Crippen molar-refractivity contribution < 1.29 is 32.5 Å². The van der Waals surface area contributed by atoms with Gasteiger partial charge in [0, 0.05) is 11.8 Å². The number of carboxylic acids is 1. The number of thioether (sulfide) groups is 1. The van der Waals surface area contributed by atoms with Crippen LogP contribution in [0.3, 0.4) is 0 Å². The molecule has 0 unspecified atom stereocenters. The molecular weight excluding hydrogens is 391 g/mol. The van der Waals surface area contributed by atoms with E-state index >= 15 is 0 Å². The van der Waals surface area contributed by atoms with E-state index < -0.39 is 17.1 Å². The minimum absolute atomic E-state index is 0.287. The van der Waals surface area contributed by atoms with Crippen LogP contribution >= 0.6 is 23.1 Å². The van der Waals surface area contributed by atoms with Gasteiger partial charge in [0.2, 0.25) is 0 Å². The van der Waals surface area contributed by atoms with E-state index in [1.807, 2.05) is 5.38 Å². The van der Waals surface area contributed by atoms with Crippen molar-refractivity contribution in [3.63, 3.8) is 0 Å². The van der Waals surface area contributed by atoms with Gasteiger partial charge in [-0.1, -0.05) is 11.8 Å². The molecule has 26 heavy (non-hydrogen) atoms. The Morgan fingerprint density at radius 3 is 2.42 bits per heavy atom. The molecule has 0 atom stereocenters. The molecule has 0 saturated heterocycles. The molecular formula is C16H16F3NO4S2. The lowest BCUT2D eigenvalue weighted by molar-refractivity contribution is -0.274. The fourth-order valence-corrected chi connectivity index (χ4v) is 3.95. The summed E-state index contributed by atoms with van der Waals surface area (Å²) in [5.41, 5.74) is 0.760. The van der Waals surface area contributed by atoms with E-state index in [1.165, 1.54) is 47.4 Å². The average molecular weight is 407 g/mol. The molecule has 1 heterocycles. The molecule has 2 aromatic rings. The quantitative estimate of drug-likeness (QED) is 0.644. The fraction of sp³-hybridized carbons (Fsp3) is 0.375. The van der Waals surface area contributed by atoms with Crippen molar-refractivity contribution in [2.24, 2.45) is 0 Å². The maximum atomic E-state index is 12.1. The topological polar surface area (TPSA) is 68.7 Å². The van der Waals surface area contributed by atoms with E-state index in [9.17, 15) is 18.0 Å². The van der Waals surface area contributed by atoms with Crippen LogP contribution in [0.1, 0.15) is 19.5 Å². The molecule has 0 aliphatic carbocycles. The van der Waals surface area contributed by atoms with Crippen molar-refractivity contribution in [3.05, 3.63) is 35.3 Å². The van der Waals surface area contributed by atoms with E-state index in [4.69, 9.17) is 9.84 Å². The van der Waals surface area contributed by atoms with E-state index in [0.717, 1.165) is 5.69 Å². The molecule has 0 radical (unpaired) electrons. The van der Waals surface area contributed by atoms with E-state index in [0.29, 0.717) is 16.5 Å². The zero-order valence-electron chi connectivity index (χ0n) is 13.9. The molecule has 0 aliphatic rings. The Kier molecular flexibility index (Phi) is 6.40. The Labute approximate surface area is 156 Å². The van der Waals surface area contributed by atoms with Crippen LogP contribution in [0.15, 0.2) is 34.0 Å². The van der Waals surface area contributed by atoms with Crippen molar-refractivity contribution >= 4 is 29.1 Å². The molecule has 1 aromatic heterocycles. The smallest absolute Gasteiger partial charge is 0.493 e. The Morgan fingerprint density at radius 2 is 1.85 bits per heavy atom. The highest BCUT2D eigenvalue weighted by atomic mass is 32.2. The first-order valence-electron chi connectivity index (χ1n) is 7.40. The summed E-state index contributed by atoms with van der Waals surface area (Å²) in [6.45, 7) is 3.50. The van der Waals surface area contributed by atoms with E-state index in [1.54, 1.807) is 13.8 Å². The first-order chi connectivity index (χ1) is 12.0. The number of carboxylic acid groups (broad SMARTS) is 1. The largest absolute Gasteiger partial charge is 0.573 e. The number of rotatable bonds is 8. The second kappa shape index (κ2) is 8.17. The number of thiazole rings is 1. The Morgan fingerprint density at radius 1 is 1.23 bits per heavy atom. The molecule has 10 heteroatoms. The van der Waals surface area contributed by atoms with Crippen LogP contribution in [0.25, 0.3) is 0 Å². The van der Waals surface area contributed by atoms with Crippen molar-refractivity contribution in [1.29, 1.82) is 0 Å². The summed E-state index contributed by atoms with van der Waals surface area (Å²) < 4.78 is 45.2. The molecule has 5 nitrogen and oxygen atoms in total. The minimum Gasteiger partial charge on any atom is -0.493 e. The predicted octanol–water partition coefficient (Wildman–Crippen LogP) is 4.62. The molecule has 0 bridgehead atoms. The minimum atomic E-state index is -4.72. The SMILES string of the molecule is CC(C)(Sc1nc(CCOc2ccc(OC(F)(F)F)cc2)cs1)C(=O)O. The number of benzene rings is 1. The summed E-state index contributed by atoms with van der Waals surface area (Å²) in [6.07, 6.45) is -4.23. The lowest BCUT2D eigenvalue weighted by atomic mass is 10.2. The maximum absolute atomic E-state index is 12.1. The molecule has 0 fully saturated rings. The summed E-state index contributed by atoms with van der Waals surface area (Å²) >= 11 is 2.53. The third-order valence-corrected chi connectivity index (χ3v) is 5.24. The number of carbonyl (C=O) groups is 1. The van der Waals surface area contributed by atoms with Crippen LogP contribution in [0.2, 0.25) is 0 Å². The molecule has 1 N–H and O–H groups in total. The maximum Gasteiger partial charge on any atom is 0.573 e. The number of hydrogen-bond acceptors (Lipinski definition) is 6. The van der Waals surface area contributed by atoms with Gasteiger partial charge in [0.1, 0.15) is 16.2 Å². The second-order valence-corrected chi connectivity index (χ2v) is 8.37. The lowest BCUT2D eigenvalue weighted by Crippen LogP contribution is -2.26. The monoisotopic (exact) mass is 407 g/mol. The van der Waals surface area contributed by atoms with Crippen molar-refractivity contribution in [1.82, 2.24) is 4.98 Å². The van der Waals surface area contributed by atoms with Crippen molar-refractivity contribution in [3.8, 4) is 11.5 Å². The van der Waals surface area contributed by atoms with Gasteiger partial charge in [-0.15, -0.1) is 24.5 Å². The first kappa shape index (κ1) is 20.4. The van der Waals surface area contributed by atoms with Gasteiger partial charge in [-0.05, 0) is 38.1 Å². The van der Waals surface area contributed by atoms with Gasteiger partial charge in [0.15, 0.2) is 4.34 Å². The van der Waals surface area contributed by atoms with Crippen molar-refractivity contribution in [2.45, 2.75) is 35.7 Å². The highest BCUT2D eigenvalue weighted by Crippen LogP contribution is 2.34. The predicted molar refractivity (Wildman–Crippen MR) is 92.0 cm³/mol. The molecule has 142 valence electrons. The van der Waals surface area contributed by atoms with Gasteiger partial charge in [0.05, 0.1) is 12.3 Å². The van der Waals surface area contributed by atoms with Gasteiger partial charge in [0.25, 0.3) is 0 Å². The summed E-state index contributed by atoms with van der Waals surface area (Å²) in [5, 5.41) is 10.9. The Bertz CT molecular complexity index is 745. The molecule has 1 aromatic carbocycles. The first-order valence-corrected chi connectivity index (χ1v) is 9.10. The zero-order chi connectivity index (χ0) is 19.4. The number of halogens is 3. The molecule has 0 amide bonds. The van der Waals surface area contributed by atoms with Crippen molar-refractivity contribution in [2.75, 3.05) is 6.61 Å². The Balaban J connectivity index is 1.82. The number of aromatic nitrogens is 1. The molecule has 0 saturated carbocycles. The van der Waals surface area contributed by atoms with Crippen LogP contribution in [-0.2, 0) is 11.2 Å². The van der Waals surface area contributed by atoms with Gasteiger partial charge < -0.3 is 14.6 Å². The third kappa shape index (κ3) is 6.41. The van der Waals surface area contributed by atoms with Gasteiger partial charge >= 0.3 is 12.3 Å². The van der Waals surface area contributed by atoms with E-state index in [2.05, 4.69) is 9.72 Å². The van der Waals surface area contributed by atoms with Crippen LogP contribution in [0.4, 0.5) is 13.2 Å².